The molecule has 0 radical (unpaired) electrons. The van der Waals surface area contributed by atoms with Crippen molar-refractivity contribution in [1.29, 1.82) is 0 Å². The summed E-state index contributed by atoms with van der Waals surface area (Å²) in [6, 6.07) is 5.43. The van der Waals surface area contributed by atoms with Crippen LogP contribution in [0.15, 0.2) is 35.3 Å². The summed E-state index contributed by atoms with van der Waals surface area (Å²) in [5.74, 6) is -1.04. The Morgan fingerprint density at radius 3 is 2.75 bits per heavy atom. The minimum atomic E-state index is -4.61. The van der Waals surface area contributed by atoms with Crippen molar-refractivity contribution in [2.24, 2.45) is 0 Å². The molecule has 32 heavy (non-hydrogen) atoms. The Morgan fingerprint density at radius 1 is 1.25 bits per heavy atom. The number of aliphatic hydroxyl groups is 2. The van der Waals surface area contributed by atoms with Crippen LogP contribution < -0.4 is 16.1 Å². The van der Waals surface area contributed by atoms with Crippen molar-refractivity contribution in [3.8, 4) is 0 Å². The maximum absolute atomic E-state index is 12.2. The van der Waals surface area contributed by atoms with Crippen LogP contribution in [0.4, 0.5) is 5.82 Å². The number of fused-ring (bicyclic) bond motifs is 1. The molecule has 0 saturated carbocycles. The van der Waals surface area contributed by atoms with E-state index < -0.39 is 53.0 Å². The van der Waals surface area contributed by atoms with Crippen LogP contribution >= 0.6 is 0 Å². The largest absolute Gasteiger partial charge is 0.387 e. The van der Waals surface area contributed by atoms with Crippen molar-refractivity contribution in [3.05, 3.63) is 46.5 Å². The van der Waals surface area contributed by atoms with E-state index in [-0.39, 0.29) is 11.4 Å². The standard InChI is InChI=1S/C16H17N7O8S/c17-11-3-4-23(16(27)18-11)15-13(25)12(24)10(31-15)6-30-32(28,29)21-14(26)7-1-2-8-9(5-7)20-22-19-8/h1-5,10,12-13,15,24-25H,6H2,(H,21,26)(H2,17,18,27)(H,19,20,22)/t10-,12-,13-,15-/m1/s1. The first-order chi connectivity index (χ1) is 15.1. The zero-order valence-electron chi connectivity index (χ0n) is 16.0. The highest BCUT2D eigenvalue weighted by Gasteiger charge is 2.44. The number of nitrogens with two attached hydrogens (primary N) is 1. The maximum Gasteiger partial charge on any atom is 0.362 e. The lowest BCUT2D eigenvalue weighted by Crippen LogP contribution is -2.38. The summed E-state index contributed by atoms with van der Waals surface area (Å²) in [6.07, 6.45) is -4.66. The molecule has 3 aromatic rings. The molecule has 2 aromatic heterocycles. The molecule has 1 aliphatic heterocycles. The molecule has 1 aromatic carbocycles. The van der Waals surface area contributed by atoms with Gasteiger partial charge in [-0.1, -0.05) is 0 Å². The minimum Gasteiger partial charge on any atom is -0.387 e. The van der Waals surface area contributed by atoms with Gasteiger partial charge in [-0.15, -0.1) is 0 Å². The third-order valence-corrected chi connectivity index (χ3v) is 5.53. The molecule has 6 N–H and O–H groups in total. The second-order valence-electron chi connectivity index (χ2n) is 6.79. The molecule has 0 bridgehead atoms. The number of nitrogens with zero attached hydrogens (tertiary/aromatic N) is 4. The van der Waals surface area contributed by atoms with E-state index in [1.165, 1.54) is 30.5 Å². The number of aromatic amines is 1. The van der Waals surface area contributed by atoms with Crippen LogP contribution in [0.2, 0.25) is 0 Å². The van der Waals surface area contributed by atoms with Gasteiger partial charge in [-0.25, -0.2) is 9.52 Å². The fourth-order valence-electron chi connectivity index (χ4n) is 3.06. The second-order valence-corrected chi connectivity index (χ2v) is 8.13. The monoisotopic (exact) mass is 467 g/mol. The molecule has 1 aliphatic rings. The van der Waals surface area contributed by atoms with Gasteiger partial charge in [-0.05, 0) is 24.3 Å². The number of rotatable bonds is 6. The summed E-state index contributed by atoms with van der Waals surface area (Å²) < 4.78 is 37.0. The van der Waals surface area contributed by atoms with Crippen molar-refractivity contribution in [3.63, 3.8) is 0 Å². The normalized spacial score (nSPS) is 23.4. The fourth-order valence-corrected chi connectivity index (χ4v) is 3.77. The van der Waals surface area contributed by atoms with Crippen LogP contribution in [0.25, 0.3) is 11.0 Å². The van der Waals surface area contributed by atoms with Crippen LogP contribution in [0.3, 0.4) is 0 Å². The first kappa shape index (κ1) is 21.8. The number of amides is 1. The molecule has 0 spiro atoms. The summed E-state index contributed by atoms with van der Waals surface area (Å²) in [7, 11) is -4.61. The molecule has 1 fully saturated rings. The van der Waals surface area contributed by atoms with Gasteiger partial charge in [0.1, 0.15) is 35.2 Å². The molecule has 4 atom stereocenters. The van der Waals surface area contributed by atoms with Crippen molar-refractivity contribution in [1.82, 2.24) is 29.7 Å². The van der Waals surface area contributed by atoms with Crippen LogP contribution in [0.1, 0.15) is 16.6 Å². The number of nitrogens with one attached hydrogen (secondary N) is 2. The summed E-state index contributed by atoms with van der Waals surface area (Å²) in [5, 5.41) is 30.3. The van der Waals surface area contributed by atoms with E-state index in [1.807, 2.05) is 0 Å². The van der Waals surface area contributed by atoms with Gasteiger partial charge in [0.05, 0.1) is 6.61 Å². The van der Waals surface area contributed by atoms with Gasteiger partial charge in [0.15, 0.2) is 6.23 Å². The molecule has 0 aliphatic carbocycles. The minimum absolute atomic E-state index is 0.0126. The molecule has 16 heteroatoms. The Kier molecular flexibility index (Phi) is 5.61. The lowest BCUT2D eigenvalue weighted by Gasteiger charge is -2.16. The smallest absolute Gasteiger partial charge is 0.362 e. The van der Waals surface area contributed by atoms with E-state index in [4.69, 9.17) is 14.7 Å². The predicted molar refractivity (Wildman–Crippen MR) is 105 cm³/mol. The number of nitrogen functional groups attached to an aromatic ring is 1. The Hall–Kier alpha value is -3.44. The van der Waals surface area contributed by atoms with E-state index >= 15 is 0 Å². The first-order valence-electron chi connectivity index (χ1n) is 9.03. The highest BCUT2D eigenvalue weighted by molar-refractivity contribution is 7.85. The van der Waals surface area contributed by atoms with Crippen molar-refractivity contribution in [2.45, 2.75) is 24.5 Å². The Morgan fingerprint density at radius 2 is 2.00 bits per heavy atom. The summed E-state index contributed by atoms with van der Waals surface area (Å²) in [5.41, 5.74) is 5.39. The third-order valence-electron chi connectivity index (χ3n) is 4.65. The van der Waals surface area contributed by atoms with Gasteiger partial charge in [0, 0.05) is 11.8 Å². The zero-order valence-corrected chi connectivity index (χ0v) is 16.8. The molecular weight excluding hydrogens is 450 g/mol. The Balaban J connectivity index is 1.40. The molecule has 4 rings (SSSR count). The number of H-pyrrole nitrogens is 1. The number of aliphatic hydroxyl groups excluding tert-OH is 2. The van der Waals surface area contributed by atoms with Crippen molar-refractivity contribution in [2.75, 3.05) is 12.3 Å². The molecule has 170 valence electrons. The van der Waals surface area contributed by atoms with Crippen LogP contribution in [-0.2, 0) is 19.2 Å². The first-order valence-corrected chi connectivity index (χ1v) is 10.4. The van der Waals surface area contributed by atoms with E-state index in [1.54, 1.807) is 4.72 Å². The highest BCUT2D eigenvalue weighted by atomic mass is 32.2. The molecule has 1 amide bonds. The van der Waals surface area contributed by atoms with Gasteiger partial charge >= 0.3 is 16.0 Å². The SMILES string of the molecule is Nc1ccn([C@@H]2O[C@H](COS(=O)(=O)NC(=O)c3ccc4n[nH]nc4c3)[C@@H](O)[C@H]2O)c(=O)n1. The number of carbonyl (C=O) groups excluding carboxylic acids is 1. The number of hydrogen-bond donors (Lipinski definition) is 5. The molecule has 0 unspecified atom stereocenters. The van der Waals surface area contributed by atoms with Crippen molar-refractivity contribution < 1.29 is 32.3 Å². The number of aromatic nitrogens is 5. The number of carbonyl (C=O) groups is 1. The lowest BCUT2D eigenvalue weighted by atomic mass is 10.1. The number of benzene rings is 1. The van der Waals surface area contributed by atoms with Gasteiger partial charge in [0.25, 0.3) is 5.91 Å². The summed E-state index contributed by atoms with van der Waals surface area (Å²) in [4.78, 5) is 27.7. The molecule has 1 saturated heterocycles. The molecule has 15 nitrogen and oxygen atoms in total. The maximum atomic E-state index is 12.2. The zero-order chi connectivity index (χ0) is 23.0. The van der Waals surface area contributed by atoms with E-state index in [9.17, 15) is 28.2 Å². The van der Waals surface area contributed by atoms with Crippen molar-refractivity contribution >= 4 is 33.1 Å². The number of ether oxygens (including phenoxy) is 1. The molecule has 3 heterocycles. The van der Waals surface area contributed by atoms with Crippen LogP contribution in [-0.4, -0.2) is 74.4 Å². The van der Waals surface area contributed by atoms with Gasteiger partial charge in [0.2, 0.25) is 0 Å². The molecular formula is C16H17N7O8S. The van der Waals surface area contributed by atoms with E-state index in [0.29, 0.717) is 11.0 Å². The lowest BCUT2D eigenvalue weighted by molar-refractivity contribution is -0.0509. The third kappa shape index (κ3) is 4.30. The second kappa shape index (κ2) is 8.24. The quantitative estimate of drug-likeness (QED) is 0.252. The summed E-state index contributed by atoms with van der Waals surface area (Å²) >= 11 is 0. The van der Waals surface area contributed by atoms with E-state index in [2.05, 4.69) is 20.4 Å². The fraction of sp³-hybridized carbons (Fsp3) is 0.312. The summed E-state index contributed by atoms with van der Waals surface area (Å²) in [6.45, 7) is -0.753. The van der Waals surface area contributed by atoms with Crippen LogP contribution in [0.5, 0.6) is 0 Å². The Bertz CT molecular complexity index is 1320. The van der Waals surface area contributed by atoms with Gasteiger partial charge in [-0.2, -0.15) is 28.8 Å². The van der Waals surface area contributed by atoms with Gasteiger partial charge in [-0.3, -0.25) is 13.5 Å². The number of hydrogen-bond acceptors (Lipinski definition) is 12. The average molecular weight is 467 g/mol. The van der Waals surface area contributed by atoms with Gasteiger partial charge < -0.3 is 20.7 Å². The highest BCUT2D eigenvalue weighted by Crippen LogP contribution is 2.28. The number of anilines is 1. The predicted octanol–water partition coefficient (Wildman–Crippen LogP) is -2.59. The van der Waals surface area contributed by atoms with Crippen LogP contribution in [0, 0.1) is 0 Å². The topological polar surface area (TPSA) is 225 Å². The average Bonchev–Trinajstić information content (AvgIpc) is 3.31. The Labute approximate surface area is 179 Å². The van der Waals surface area contributed by atoms with E-state index in [0.717, 1.165) is 4.57 Å².